The molecule has 7 heteroatoms. The Hall–Kier alpha value is -2.44. The first-order valence-electron chi connectivity index (χ1n) is 6.54. The zero-order valence-corrected chi connectivity index (χ0v) is 11.8. The van der Waals surface area contributed by atoms with Crippen molar-refractivity contribution in [1.82, 2.24) is 0 Å². The number of nitro benzene ring substituents is 1. The molecule has 21 heavy (non-hydrogen) atoms. The van der Waals surface area contributed by atoms with E-state index in [1.807, 2.05) is 0 Å². The molecule has 1 saturated heterocycles. The van der Waals surface area contributed by atoms with Gasteiger partial charge in [0, 0.05) is 30.7 Å². The number of nitro groups is 1. The lowest BCUT2D eigenvalue weighted by Crippen LogP contribution is -2.19. The molecule has 0 spiro atoms. The van der Waals surface area contributed by atoms with Crippen LogP contribution in [0.4, 0.5) is 11.4 Å². The monoisotopic (exact) mass is 292 g/mol. The van der Waals surface area contributed by atoms with Gasteiger partial charge in [-0.05, 0) is 26.0 Å². The number of nitrogens with zero attached hydrogens (tertiary/aromatic N) is 1. The zero-order chi connectivity index (χ0) is 15.6. The van der Waals surface area contributed by atoms with Gasteiger partial charge in [-0.25, -0.2) is 0 Å². The van der Waals surface area contributed by atoms with Gasteiger partial charge in [-0.1, -0.05) is 0 Å². The summed E-state index contributed by atoms with van der Waals surface area (Å²) in [7, 11) is 0. The maximum absolute atomic E-state index is 11.9. The number of hydrogen-bond acceptors (Lipinski definition) is 5. The molecule has 0 aliphatic carbocycles. The highest BCUT2D eigenvalue weighted by Gasteiger charge is 2.40. The van der Waals surface area contributed by atoms with Crippen LogP contribution in [0.3, 0.4) is 0 Å². The highest BCUT2D eigenvalue weighted by molar-refractivity contribution is 5.93. The minimum Gasteiger partial charge on any atom is -0.459 e. The summed E-state index contributed by atoms with van der Waals surface area (Å²) in [5.41, 5.74) is -0.125. The molecule has 1 aromatic rings. The highest BCUT2D eigenvalue weighted by atomic mass is 16.6. The lowest BCUT2D eigenvalue weighted by molar-refractivity contribution is -0.384. The minimum atomic E-state index is -0.532. The number of carbonyl (C=O) groups excluding carboxylic acids is 2. The maximum atomic E-state index is 11.9. The van der Waals surface area contributed by atoms with Gasteiger partial charge in [-0.15, -0.1) is 0 Å². The molecule has 1 aliphatic rings. The lowest BCUT2D eigenvalue weighted by Gasteiger charge is -2.14. The molecule has 0 bridgehead atoms. The average molecular weight is 292 g/mol. The van der Waals surface area contributed by atoms with E-state index in [9.17, 15) is 19.7 Å². The molecule has 1 heterocycles. The molecule has 0 unspecified atom stereocenters. The van der Waals surface area contributed by atoms with Crippen LogP contribution in [0, 0.1) is 16.0 Å². The molecule has 1 amide bonds. The van der Waals surface area contributed by atoms with E-state index >= 15 is 0 Å². The standard InChI is InChI=1S/C14H16N2O5/c1-14(2)8-9(13(18)21-14)7-12(17)15-10-3-5-11(6-4-10)16(19)20/h3-6,9H,7-8H2,1-2H3,(H,15,17)/t9-/m0/s1. The van der Waals surface area contributed by atoms with Gasteiger partial charge in [0.05, 0.1) is 10.8 Å². The van der Waals surface area contributed by atoms with Crippen molar-refractivity contribution in [2.24, 2.45) is 5.92 Å². The molecule has 1 aromatic carbocycles. The molecule has 1 aliphatic heterocycles. The maximum Gasteiger partial charge on any atom is 0.310 e. The fraction of sp³-hybridized carbons (Fsp3) is 0.429. The number of hydrogen-bond donors (Lipinski definition) is 1. The van der Waals surface area contributed by atoms with Gasteiger partial charge >= 0.3 is 5.97 Å². The van der Waals surface area contributed by atoms with Gasteiger partial charge in [-0.2, -0.15) is 0 Å². The van der Waals surface area contributed by atoms with E-state index < -0.39 is 16.4 Å². The summed E-state index contributed by atoms with van der Waals surface area (Å²) in [6.07, 6.45) is 0.540. The van der Waals surface area contributed by atoms with E-state index in [-0.39, 0.29) is 24.0 Å². The third-order valence-corrected chi connectivity index (χ3v) is 3.24. The fourth-order valence-electron chi connectivity index (χ4n) is 2.33. The van der Waals surface area contributed by atoms with Crippen molar-refractivity contribution < 1.29 is 19.2 Å². The first-order valence-corrected chi connectivity index (χ1v) is 6.54. The Bertz CT molecular complexity index is 580. The molecule has 0 radical (unpaired) electrons. The Balaban J connectivity index is 1.93. The number of rotatable bonds is 4. The van der Waals surface area contributed by atoms with Crippen molar-refractivity contribution in [3.05, 3.63) is 34.4 Å². The average Bonchev–Trinajstić information content (AvgIpc) is 2.62. The number of ether oxygens (including phenoxy) is 1. The Morgan fingerprint density at radius 3 is 2.52 bits per heavy atom. The van der Waals surface area contributed by atoms with Crippen LogP contribution in [-0.4, -0.2) is 22.4 Å². The summed E-state index contributed by atoms with van der Waals surface area (Å²) in [5.74, 6) is -1.12. The van der Waals surface area contributed by atoms with Gasteiger partial charge in [0.25, 0.3) is 5.69 Å². The van der Waals surface area contributed by atoms with Gasteiger partial charge in [-0.3, -0.25) is 19.7 Å². The second-order valence-corrected chi connectivity index (χ2v) is 5.64. The molecular weight excluding hydrogens is 276 g/mol. The van der Waals surface area contributed by atoms with E-state index in [0.29, 0.717) is 12.1 Å². The highest BCUT2D eigenvalue weighted by Crippen LogP contribution is 2.32. The van der Waals surface area contributed by atoms with Crippen LogP contribution in [0.25, 0.3) is 0 Å². The zero-order valence-electron chi connectivity index (χ0n) is 11.8. The van der Waals surface area contributed by atoms with E-state index in [4.69, 9.17) is 4.74 Å². The smallest absolute Gasteiger partial charge is 0.310 e. The molecule has 2 rings (SSSR count). The van der Waals surface area contributed by atoms with Crippen LogP contribution < -0.4 is 5.32 Å². The number of anilines is 1. The minimum absolute atomic E-state index is 0.0409. The quantitative estimate of drug-likeness (QED) is 0.521. The molecule has 112 valence electrons. The Kier molecular flexibility index (Phi) is 3.93. The second-order valence-electron chi connectivity index (χ2n) is 5.64. The van der Waals surface area contributed by atoms with Crippen LogP contribution in [0.5, 0.6) is 0 Å². The number of nitrogens with one attached hydrogen (secondary N) is 1. The van der Waals surface area contributed by atoms with Crippen LogP contribution in [-0.2, 0) is 14.3 Å². The summed E-state index contributed by atoms with van der Waals surface area (Å²) >= 11 is 0. The number of amides is 1. The number of cyclic esters (lactones) is 1. The third kappa shape index (κ3) is 3.77. The van der Waals surface area contributed by atoms with Gasteiger partial charge in [0.15, 0.2) is 0 Å². The fourth-order valence-corrected chi connectivity index (χ4v) is 2.33. The van der Waals surface area contributed by atoms with Crippen LogP contribution in [0.1, 0.15) is 26.7 Å². The first-order chi connectivity index (χ1) is 9.77. The molecule has 7 nitrogen and oxygen atoms in total. The van der Waals surface area contributed by atoms with Crippen LogP contribution in [0.15, 0.2) is 24.3 Å². The van der Waals surface area contributed by atoms with Crippen LogP contribution in [0.2, 0.25) is 0 Å². The van der Waals surface area contributed by atoms with Crippen molar-refractivity contribution in [2.75, 3.05) is 5.32 Å². The predicted octanol–water partition coefficient (Wildman–Crippen LogP) is 2.27. The topological polar surface area (TPSA) is 98.5 Å². The Morgan fingerprint density at radius 2 is 2.05 bits per heavy atom. The van der Waals surface area contributed by atoms with Crippen molar-refractivity contribution in [3.8, 4) is 0 Å². The van der Waals surface area contributed by atoms with Crippen molar-refractivity contribution in [2.45, 2.75) is 32.3 Å². The summed E-state index contributed by atoms with van der Waals surface area (Å²) in [6.45, 7) is 3.61. The predicted molar refractivity (Wildman–Crippen MR) is 74.6 cm³/mol. The largest absolute Gasteiger partial charge is 0.459 e. The Labute approximate surface area is 121 Å². The third-order valence-electron chi connectivity index (χ3n) is 3.24. The van der Waals surface area contributed by atoms with Crippen molar-refractivity contribution in [1.29, 1.82) is 0 Å². The van der Waals surface area contributed by atoms with E-state index in [0.717, 1.165) is 0 Å². The lowest BCUT2D eigenvalue weighted by atomic mass is 9.94. The van der Waals surface area contributed by atoms with Crippen molar-refractivity contribution in [3.63, 3.8) is 0 Å². The van der Waals surface area contributed by atoms with Gasteiger partial charge < -0.3 is 10.1 Å². The number of esters is 1. The van der Waals surface area contributed by atoms with Crippen LogP contribution >= 0.6 is 0 Å². The summed E-state index contributed by atoms with van der Waals surface area (Å²) in [4.78, 5) is 33.5. The number of benzene rings is 1. The van der Waals surface area contributed by atoms with Crippen molar-refractivity contribution >= 4 is 23.3 Å². The van der Waals surface area contributed by atoms with Gasteiger partial charge in [0.2, 0.25) is 5.91 Å². The number of non-ortho nitro benzene ring substituents is 1. The Morgan fingerprint density at radius 1 is 1.43 bits per heavy atom. The molecule has 1 atom stereocenters. The molecule has 0 saturated carbocycles. The SMILES string of the molecule is CC1(C)C[C@H](CC(=O)Nc2ccc([N+](=O)[O-])cc2)C(=O)O1. The normalized spacial score (nSPS) is 19.9. The summed E-state index contributed by atoms with van der Waals surface area (Å²) < 4.78 is 5.16. The van der Waals surface area contributed by atoms with Gasteiger partial charge in [0.1, 0.15) is 5.60 Å². The van der Waals surface area contributed by atoms with E-state index in [2.05, 4.69) is 5.32 Å². The summed E-state index contributed by atoms with van der Waals surface area (Å²) in [5, 5.41) is 13.1. The summed E-state index contributed by atoms with van der Waals surface area (Å²) in [6, 6.07) is 5.52. The second kappa shape index (κ2) is 5.51. The molecule has 0 aromatic heterocycles. The van der Waals surface area contributed by atoms with E-state index in [1.54, 1.807) is 13.8 Å². The molecule has 1 fully saturated rings. The van der Waals surface area contributed by atoms with E-state index in [1.165, 1.54) is 24.3 Å². The first kappa shape index (κ1) is 15.0. The molecule has 1 N–H and O–H groups in total. The molecular formula is C14H16N2O5. The number of carbonyl (C=O) groups is 2.